The molecule has 0 bridgehead atoms. The van der Waals surface area contributed by atoms with Gasteiger partial charge in [0, 0.05) is 31.8 Å². The second-order valence-electron chi connectivity index (χ2n) is 6.62. The van der Waals surface area contributed by atoms with Crippen molar-refractivity contribution in [3.63, 3.8) is 0 Å². The summed E-state index contributed by atoms with van der Waals surface area (Å²) in [4.78, 5) is 2.78. The Morgan fingerprint density at radius 1 is 1.04 bits per heavy atom. The third kappa shape index (κ3) is 3.86. The lowest BCUT2D eigenvalue weighted by atomic mass is 9.89. The summed E-state index contributed by atoms with van der Waals surface area (Å²) in [5, 5.41) is 0. The molecule has 24 heavy (non-hydrogen) atoms. The van der Waals surface area contributed by atoms with E-state index in [9.17, 15) is 8.42 Å². The number of sulfone groups is 1. The second-order valence-corrected chi connectivity index (χ2v) is 8.64. The van der Waals surface area contributed by atoms with Crippen molar-refractivity contribution in [3.8, 4) is 0 Å². The Bertz CT molecular complexity index is 773. The first-order valence-electron chi connectivity index (χ1n) is 8.23. The molecule has 2 atom stereocenters. The highest BCUT2D eigenvalue weighted by atomic mass is 32.2. The summed E-state index contributed by atoms with van der Waals surface area (Å²) in [6, 6.07) is 17.7. The Kier molecular flexibility index (Phi) is 5.04. The Morgan fingerprint density at radius 3 is 2.29 bits per heavy atom. The Morgan fingerprint density at radius 2 is 1.71 bits per heavy atom. The van der Waals surface area contributed by atoms with Crippen molar-refractivity contribution < 1.29 is 8.42 Å². The smallest absolute Gasteiger partial charge is 0.175 e. The molecule has 0 amide bonds. The molecule has 3 rings (SSSR count). The lowest BCUT2D eigenvalue weighted by molar-refractivity contribution is 0.317. The van der Waals surface area contributed by atoms with Gasteiger partial charge in [-0.15, -0.1) is 0 Å². The van der Waals surface area contributed by atoms with Crippen LogP contribution in [-0.4, -0.2) is 39.2 Å². The topological polar surface area (TPSA) is 63.4 Å². The first-order chi connectivity index (χ1) is 11.5. The number of nitrogens with zero attached hydrogens (tertiary/aromatic N) is 1. The second kappa shape index (κ2) is 7.05. The van der Waals surface area contributed by atoms with E-state index in [-0.39, 0.29) is 0 Å². The maximum atomic E-state index is 11.5. The van der Waals surface area contributed by atoms with Crippen LogP contribution in [0.2, 0.25) is 0 Å². The molecule has 2 N–H and O–H groups in total. The van der Waals surface area contributed by atoms with Crippen molar-refractivity contribution in [2.45, 2.75) is 17.4 Å². The van der Waals surface area contributed by atoms with Gasteiger partial charge in [0.2, 0.25) is 0 Å². The van der Waals surface area contributed by atoms with Gasteiger partial charge in [0.15, 0.2) is 9.84 Å². The van der Waals surface area contributed by atoms with Crippen LogP contribution in [0.4, 0.5) is 0 Å². The van der Waals surface area contributed by atoms with Gasteiger partial charge in [-0.05, 0) is 35.7 Å². The first-order valence-corrected chi connectivity index (χ1v) is 10.1. The quantitative estimate of drug-likeness (QED) is 0.904. The molecule has 0 aromatic heterocycles. The maximum Gasteiger partial charge on any atom is 0.175 e. The predicted molar refractivity (Wildman–Crippen MR) is 96.6 cm³/mol. The number of rotatable bonds is 5. The molecule has 0 aliphatic carbocycles. The molecule has 1 fully saturated rings. The number of nitrogens with two attached hydrogens (primary N) is 1. The van der Waals surface area contributed by atoms with E-state index in [2.05, 4.69) is 29.2 Å². The molecule has 4 nitrogen and oxygen atoms in total. The van der Waals surface area contributed by atoms with Gasteiger partial charge in [-0.2, -0.15) is 0 Å². The summed E-state index contributed by atoms with van der Waals surface area (Å²) in [6.07, 6.45) is 1.23. The minimum Gasteiger partial charge on any atom is -0.330 e. The molecule has 0 spiro atoms. The molecule has 5 heteroatoms. The van der Waals surface area contributed by atoms with Crippen LogP contribution in [0.3, 0.4) is 0 Å². The van der Waals surface area contributed by atoms with E-state index in [0.717, 1.165) is 25.2 Å². The molecular weight excluding hydrogens is 320 g/mol. The molecule has 0 saturated carbocycles. The molecule has 0 radical (unpaired) electrons. The Balaban J connectivity index is 1.70. The zero-order chi connectivity index (χ0) is 17.2. The average molecular weight is 344 g/mol. The molecule has 0 unspecified atom stereocenters. The number of likely N-dealkylation sites (tertiary alicyclic amines) is 1. The van der Waals surface area contributed by atoms with Crippen LogP contribution in [0.1, 0.15) is 17.0 Å². The van der Waals surface area contributed by atoms with Crippen molar-refractivity contribution in [3.05, 3.63) is 65.7 Å². The van der Waals surface area contributed by atoms with Crippen LogP contribution in [0.15, 0.2) is 59.5 Å². The fraction of sp³-hybridized carbons (Fsp3) is 0.368. The van der Waals surface area contributed by atoms with Crippen molar-refractivity contribution in [2.24, 2.45) is 11.7 Å². The number of benzene rings is 2. The monoisotopic (exact) mass is 344 g/mol. The van der Waals surface area contributed by atoms with Crippen LogP contribution in [-0.2, 0) is 16.4 Å². The van der Waals surface area contributed by atoms with E-state index in [1.165, 1.54) is 11.8 Å². The lowest BCUT2D eigenvalue weighted by Gasteiger charge is -2.17. The molecule has 1 heterocycles. The van der Waals surface area contributed by atoms with Crippen molar-refractivity contribution in [1.82, 2.24) is 4.90 Å². The zero-order valence-corrected chi connectivity index (χ0v) is 14.7. The van der Waals surface area contributed by atoms with Gasteiger partial charge in [0.05, 0.1) is 4.90 Å². The van der Waals surface area contributed by atoms with E-state index in [0.29, 0.717) is 23.3 Å². The number of hydrogen-bond donors (Lipinski definition) is 1. The zero-order valence-electron chi connectivity index (χ0n) is 13.9. The van der Waals surface area contributed by atoms with E-state index in [1.54, 1.807) is 12.1 Å². The largest absolute Gasteiger partial charge is 0.330 e. The molecule has 1 saturated heterocycles. The Hall–Kier alpha value is -1.69. The fourth-order valence-electron chi connectivity index (χ4n) is 3.51. The predicted octanol–water partition coefficient (Wildman–Crippen LogP) is 2.26. The fourth-order valence-corrected chi connectivity index (χ4v) is 4.14. The third-order valence-electron chi connectivity index (χ3n) is 4.80. The molecule has 1 aliphatic heterocycles. The van der Waals surface area contributed by atoms with Gasteiger partial charge < -0.3 is 5.73 Å². The van der Waals surface area contributed by atoms with E-state index >= 15 is 0 Å². The van der Waals surface area contributed by atoms with Crippen molar-refractivity contribution >= 4 is 9.84 Å². The third-order valence-corrected chi connectivity index (χ3v) is 5.93. The van der Waals surface area contributed by atoms with Crippen LogP contribution >= 0.6 is 0 Å². The van der Waals surface area contributed by atoms with Gasteiger partial charge in [-0.25, -0.2) is 8.42 Å². The summed E-state index contributed by atoms with van der Waals surface area (Å²) in [5.74, 6) is 0.925. The molecule has 2 aromatic carbocycles. The summed E-state index contributed by atoms with van der Waals surface area (Å²) in [7, 11) is -3.13. The normalized spacial score (nSPS) is 21.9. The van der Waals surface area contributed by atoms with Crippen LogP contribution in [0, 0.1) is 5.92 Å². The summed E-state index contributed by atoms with van der Waals surface area (Å²) < 4.78 is 23.1. The van der Waals surface area contributed by atoms with Gasteiger partial charge >= 0.3 is 0 Å². The standard InChI is InChI=1S/C19H24N2O2S/c1-24(22,23)18-9-7-15(8-10-18)12-21-13-17(11-20)19(14-21)16-5-3-2-4-6-16/h2-10,17,19H,11-14,20H2,1H3/t17-,19+/m1/s1. The van der Waals surface area contributed by atoms with Crippen LogP contribution in [0.25, 0.3) is 0 Å². The van der Waals surface area contributed by atoms with Gasteiger partial charge in [-0.1, -0.05) is 42.5 Å². The van der Waals surface area contributed by atoms with Crippen LogP contribution < -0.4 is 5.73 Å². The maximum absolute atomic E-state index is 11.5. The van der Waals surface area contributed by atoms with Gasteiger partial charge in [0.25, 0.3) is 0 Å². The van der Waals surface area contributed by atoms with E-state index < -0.39 is 9.84 Å². The minimum absolute atomic E-state index is 0.370. The first kappa shape index (κ1) is 17.1. The van der Waals surface area contributed by atoms with Gasteiger partial charge in [-0.3, -0.25) is 4.90 Å². The molecule has 1 aliphatic rings. The summed E-state index contributed by atoms with van der Waals surface area (Å²) in [6.45, 7) is 3.47. The van der Waals surface area contributed by atoms with Gasteiger partial charge in [0.1, 0.15) is 0 Å². The lowest BCUT2D eigenvalue weighted by Crippen LogP contribution is -2.23. The molecular formula is C19H24N2O2S. The highest BCUT2D eigenvalue weighted by Gasteiger charge is 2.32. The Labute approximate surface area is 144 Å². The van der Waals surface area contributed by atoms with E-state index in [4.69, 9.17) is 5.73 Å². The average Bonchev–Trinajstić information content (AvgIpc) is 2.98. The van der Waals surface area contributed by atoms with Crippen molar-refractivity contribution in [2.75, 3.05) is 25.9 Å². The van der Waals surface area contributed by atoms with Crippen molar-refractivity contribution in [1.29, 1.82) is 0 Å². The van der Waals surface area contributed by atoms with E-state index in [1.807, 2.05) is 18.2 Å². The highest BCUT2D eigenvalue weighted by molar-refractivity contribution is 7.90. The van der Waals surface area contributed by atoms with Crippen LogP contribution in [0.5, 0.6) is 0 Å². The summed E-state index contributed by atoms with van der Waals surface area (Å²) in [5.41, 5.74) is 8.47. The summed E-state index contributed by atoms with van der Waals surface area (Å²) >= 11 is 0. The molecule has 2 aromatic rings. The molecule has 128 valence electrons. The minimum atomic E-state index is -3.13. The number of hydrogen-bond acceptors (Lipinski definition) is 4. The highest BCUT2D eigenvalue weighted by Crippen LogP contribution is 2.32. The SMILES string of the molecule is CS(=O)(=O)c1ccc(CN2C[C@@H](CN)[C@H](c3ccccc3)C2)cc1.